The minimum absolute atomic E-state index is 0.159. The van der Waals surface area contributed by atoms with Crippen molar-refractivity contribution in [1.82, 2.24) is 14.3 Å². The van der Waals surface area contributed by atoms with E-state index in [0.717, 1.165) is 33.9 Å². The highest BCUT2D eigenvalue weighted by Gasteiger charge is 2.33. The van der Waals surface area contributed by atoms with Gasteiger partial charge < -0.3 is 10.3 Å². The standard InChI is InChI=1S/C24H23FN4O3S2/c1-15-22(17-6-2-4-8-19(17)26-15)20-14-33-24(27-20)28-23(30)16-10-12-29(13-11-16)34(31,32)21-9-5-3-7-18(21)25/h2-9,14,16,26H,10-13H2,1H3,(H,27,28,30). The van der Waals surface area contributed by atoms with E-state index in [4.69, 9.17) is 0 Å². The molecule has 10 heteroatoms. The maximum atomic E-state index is 14.0. The monoisotopic (exact) mass is 498 g/mol. The number of aromatic amines is 1. The second-order valence-electron chi connectivity index (χ2n) is 8.31. The molecule has 0 bridgehead atoms. The number of hydrogen-bond donors (Lipinski definition) is 2. The summed E-state index contributed by atoms with van der Waals surface area (Å²) in [5.74, 6) is -1.29. The van der Waals surface area contributed by atoms with Gasteiger partial charge in [-0.3, -0.25) is 4.79 Å². The lowest BCUT2D eigenvalue weighted by Crippen LogP contribution is -2.41. The summed E-state index contributed by atoms with van der Waals surface area (Å²) in [5.41, 5.74) is 3.85. The highest BCUT2D eigenvalue weighted by Crippen LogP contribution is 2.34. The van der Waals surface area contributed by atoms with Gasteiger partial charge in [0.2, 0.25) is 15.9 Å². The van der Waals surface area contributed by atoms with Crippen LogP contribution in [0.2, 0.25) is 0 Å². The minimum Gasteiger partial charge on any atom is -0.358 e. The lowest BCUT2D eigenvalue weighted by molar-refractivity contribution is -0.120. The van der Waals surface area contributed by atoms with E-state index in [-0.39, 0.29) is 29.8 Å². The molecule has 0 aliphatic carbocycles. The zero-order valence-corrected chi connectivity index (χ0v) is 20.0. The van der Waals surface area contributed by atoms with Crippen LogP contribution in [-0.4, -0.2) is 41.7 Å². The second-order valence-corrected chi connectivity index (χ2v) is 11.1. The maximum Gasteiger partial charge on any atom is 0.245 e. The summed E-state index contributed by atoms with van der Waals surface area (Å²) in [6.45, 7) is 2.31. The van der Waals surface area contributed by atoms with E-state index in [1.54, 1.807) is 0 Å². The third kappa shape index (κ3) is 4.13. The SMILES string of the molecule is Cc1[nH]c2ccccc2c1-c1csc(NC(=O)C2CCN(S(=O)(=O)c3ccccc3F)CC2)n1. The number of benzene rings is 2. The molecule has 1 saturated heterocycles. The van der Waals surface area contributed by atoms with Crippen molar-refractivity contribution in [2.75, 3.05) is 18.4 Å². The Morgan fingerprint density at radius 1 is 1.15 bits per heavy atom. The van der Waals surface area contributed by atoms with Crippen LogP contribution >= 0.6 is 11.3 Å². The quantitative estimate of drug-likeness (QED) is 0.414. The molecule has 2 aromatic carbocycles. The molecular formula is C24H23FN4O3S2. The number of amides is 1. The van der Waals surface area contributed by atoms with Crippen molar-refractivity contribution in [1.29, 1.82) is 0 Å². The van der Waals surface area contributed by atoms with Crippen LogP contribution in [0.4, 0.5) is 9.52 Å². The van der Waals surface area contributed by atoms with Gasteiger partial charge in [0.05, 0.1) is 5.69 Å². The molecule has 2 N–H and O–H groups in total. The molecule has 0 saturated carbocycles. The first kappa shape index (κ1) is 22.7. The highest BCUT2D eigenvalue weighted by atomic mass is 32.2. The number of carbonyl (C=O) groups is 1. The number of H-pyrrole nitrogens is 1. The number of sulfonamides is 1. The third-order valence-electron chi connectivity index (χ3n) is 6.16. The number of hydrogen-bond acceptors (Lipinski definition) is 5. The first-order chi connectivity index (χ1) is 16.3. The lowest BCUT2D eigenvalue weighted by Gasteiger charge is -2.30. The summed E-state index contributed by atoms with van der Waals surface area (Å²) in [4.78, 5) is 20.5. The number of aryl methyl sites for hydroxylation is 1. The Kier molecular flexibility index (Phi) is 5.97. The summed E-state index contributed by atoms with van der Waals surface area (Å²) < 4.78 is 40.8. The van der Waals surface area contributed by atoms with Gasteiger partial charge in [-0.25, -0.2) is 17.8 Å². The zero-order chi connectivity index (χ0) is 23.9. The van der Waals surface area contributed by atoms with Crippen LogP contribution in [0.15, 0.2) is 58.8 Å². The number of aromatic nitrogens is 2. The fraction of sp³-hybridized carbons (Fsp3) is 0.250. The van der Waals surface area contributed by atoms with Gasteiger partial charge in [-0.1, -0.05) is 30.3 Å². The average molecular weight is 499 g/mol. The topological polar surface area (TPSA) is 95.2 Å². The van der Waals surface area contributed by atoms with Gasteiger partial charge in [0.15, 0.2) is 5.13 Å². The van der Waals surface area contributed by atoms with Gasteiger partial charge in [-0.05, 0) is 38.0 Å². The smallest absolute Gasteiger partial charge is 0.245 e. The van der Waals surface area contributed by atoms with E-state index in [1.165, 1.54) is 33.8 Å². The van der Waals surface area contributed by atoms with Crippen LogP contribution in [0.3, 0.4) is 0 Å². The summed E-state index contributed by atoms with van der Waals surface area (Å²) in [7, 11) is -3.93. The molecule has 2 aromatic heterocycles. The Bertz CT molecular complexity index is 1470. The summed E-state index contributed by atoms with van der Waals surface area (Å²) in [6, 6.07) is 13.3. The molecule has 3 heterocycles. The van der Waals surface area contributed by atoms with Gasteiger partial charge in [-0.2, -0.15) is 4.31 Å². The number of nitrogens with zero attached hydrogens (tertiary/aromatic N) is 2. The normalized spacial score (nSPS) is 15.6. The molecule has 0 radical (unpaired) electrons. The van der Waals surface area contributed by atoms with Crippen LogP contribution in [0.25, 0.3) is 22.2 Å². The number of nitrogens with one attached hydrogen (secondary N) is 2. The molecule has 1 aliphatic rings. The summed E-state index contributed by atoms with van der Waals surface area (Å²) in [5, 5.41) is 6.39. The number of para-hydroxylation sites is 1. The van der Waals surface area contributed by atoms with Crippen molar-refractivity contribution in [3.63, 3.8) is 0 Å². The molecule has 4 aromatic rings. The first-order valence-corrected chi connectivity index (χ1v) is 13.3. The van der Waals surface area contributed by atoms with Crippen molar-refractivity contribution < 1.29 is 17.6 Å². The van der Waals surface area contributed by atoms with Crippen LogP contribution in [0, 0.1) is 18.7 Å². The van der Waals surface area contributed by atoms with Gasteiger partial charge in [0, 0.05) is 46.5 Å². The van der Waals surface area contributed by atoms with Crippen LogP contribution in [-0.2, 0) is 14.8 Å². The number of thiazole rings is 1. The Morgan fingerprint density at radius 3 is 2.62 bits per heavy atom. The Hall–Kier alpha value is -3.08. The van der Waals surface area contributed by atoms with Crippen molar-refractivity contribution in [2.24, 2.45) is 5.92 Å². The van der Waals surface area contributed by atoms with Crippen LogP contribution < -0.4 is 5.32 Å². The van der Waals surface area contributed by atoms with Crippen molar-refractivity contribution >= 4 is 43.3 Å². The van der Waals surface area contributed by atoms with E-state index < -0.39 is 15.8 Å². The fourth-order valence-electron chi connectivity index (χ4n) is 4.41. The largest absolute Gasteiger partial charge is 0.358 e. The Morgan fingerprint density at radius 2 is 1.85 bits per heavy atom. The average Bonchev–Trinajstić information content (AvgIpc) is 3.42. The molecule has 1 amide bonds. The number of rotatable bonds is 5. The van der Waals surface area contributed by atoms with Gasteiger partial charge in [0.1, 0.15) is 10.7 Å². The van der Waals surface area contributed by atoms with E-state index in [1.807, 2.05) is 36.6 Å². The van der Waals surface area contributed by atoms with E-state index in [9.17, 15) is 17.6 Å². The van der Waals surface area contributed by atoms with Crippen molar-refractivity contribution in [2.45, 2.75) is 24.7 Å². The fourth-order valence-corrected chi connectivity index (χ4v) is 6.65. The van der Waals surface area contributed by atoms with Crippen molar-refractivity contribution in [3.8, 4) is 11.3 Å². The van der Waals surface area contributed by atoms with Crippen LogP contribution in [0.5, 0.6) is 0 Å². The molecule has 1 aliphatic heterocycles. The maximum absolute atomic E-state index is 14.0. The second kappa shape index (κ2) is 8.94. The van der Waals surface area contributed by atoms with E-state index in [0.29, 0.717) is 18.0 Å². The number of fused-ring (bicyclic) bond motifs is 1. The Balaban J connectivity index is 1.25. The molecule has 1 fully saturated rings. The molecular weight excluding hydrogens is 475 g/mol. The minimum atomic E-state index is -3.93. The molecule has 34 heavy (non-hydrogen) atoms. The van der Waals surface area contributed by atoms with Gasteiger partial charge >= 0.3 is 0 Å². The molecule has 0 unspecified atom stereocenters. The molecule has 0 atom stereocenters. The summed E-state index contributed by atoms with van der Waals surface area (Å²) >= 11 is 1.36. The zero-order valence-electron chi connectivity index (χ0n) is 18.4. The summed E-state index contributed by atoms with van der Waals surface area (Å²) in [6.07, 6.45) is 0.721. The molecule has 176 valence electrons. The Labute approximate surface area is 200 Å². The van der Waals surface area contributed by atoms with Crippen molar-refractivity contribution in [3.05, 3.63) is 65.4 Å². The highest BCUT2D eigenvalue weighted by molar-refractivity contribution is 7.89. The predicted molar refractivity (Wildman–Crippen MR) is 131 cm³/mol. The van der Waals surface area contributed by atoms with E-state index >= 15 is 0 Å². The number of piperidine rings is 1. The van der Waals surface area contributed by atoms with E-state index in [2.05, 4.69) is 15.3 Å². The number of halogens is 1. The molecule has 0 spiro atoms. The lowest BCUT2D eigenvalue weighted by atomic mass is 9.97. The molecule has 7 nitrogen and oxygen atoms in total. The van der Waals surface area contributed by atoms with Gasteiger partial charge in [0.25, 0.3) is 0 Å². The number of carbonyl (C=O) groups excluding carboxylic acids is 1. The first-order valence-electron chi connectivity index (χ1n) is 10.9. The third-order valence-corrected chi connectivity index (χ3v) is 8.85. The molecule has 5 rings (SSSR count). The van der Waals surface area contributed by atoms with Crippen LogP contribution in [0.1, 0.15) is 18.5 Å². The van der Waals surface area contributed by atoms with Gasteiger partial charge in [-0.15, -0.1) is 11.3 Å². The number of anilines is 1. The predicted octanol–water partition coefficient (Wildman–Crippen LogP) is 4.78.